The average Bonchev–Trinajstić information content (AvgIpc) is 2.83. The van der Waals surface area contributed by atoms with Crippen LogP contribution in [0.1, 0.15) is 32.1 Å². The number of pyridine rings is 1. The molecule has 1 fully saturated rings. The highest BCUT2D eigenvalue weighted by Crippen LogP contribution is 2.35. The average molecular weight is 488 g/mol. The predicted molar refractivity (Wildman–Crippen MR) is 124 cm³/mol. The minimum atomic E-state index is -5.32. The summed E-state index contributed by atoms with van der Waals surface area (Å²) >= 11 is 0. The van der Waals surface area contributed by atoms with Crippen molar-refractivity contribution in [2.45, 2.75) is 44.9 Å². The van der Waals surface area contributed by atoms with Crippen LogP contribution >= 0.6 is 7.82 Å². The van der Waals surface area contributed by atoms with E-state index >= 15 is 4.39 Å². The third-order valence-electron chi connectivity index (χ3n) is 6.41. The van der Waals surface area contributed by atoms with Crippen LogP contribution in [0.3, 0.4) is 0 Å². The second kappa shape index (κ2) is 9.88. The molecule has 0 N–H and O–H groups in total. The summed E-state index contributed by atoms with van der Waals surface area (Å²) in [5, 5.41) is -0.191. The second-order valence-electron chi connectivity index (χ2n) is 8.47. The second-order valence-corrected chi connectivity index (χ2v) is 9.62. The van der Waals surface area contributed by atoms with Crippen molar-refractivity contribution < 1.29 is 28.0 Å². The Bertz CT molecular complexity index is 1280. The molecule has 4 rings (SSSR count). The molecule has 1 aromatic heterocycles. The molecule has 10 heteroatoms. The number of phosphoric ester groups is 1. The summed E-state index contributed by atoms with van der Waals surface area (Å²) in [6, 6.07) is 9.62. The van der Waals surface area contributed by atoms with Crippen molar-refractivity contribution >= 4 is 24.4 Å². The van der Waals surface area contributed by atoms with Crippen molar-refractivity contribution in [2.24, 2.45) is 0 Å². The Morgan fingerprint density at radius 1 is 1.12 bits per heavy atom. The van der Waals surface area contributed by atoms with E-state index in [1.807, 2.05) is 11.9 Å². The van der Waals surface area contributed by atoms with Crippen LogP contribution in [0.2, 0.25) is 0 Å². The first kappa shape index (κ1) is 24.4. The fourth-order valence-corrected chi connectivity index (χ4v) is 4.90. The van der Waals surface area contributed by atoms with Crippen molar-refractivity contribution in [3.05, 3.63) is 58.6 Å². The van der Waals surface area contributed by atoms with Gasteiger partial charge in [-0.1, -0.05) is 31.4 Å². The van der Waals surface area contributed by atoms with E-state index in [0.29, 0.717) is 17.0 Å². The minimum Gasteiger partial charge on any atom is -0.790 e. The number of rotatable bonds is 7. The zero-order chi connectivity index (χ0) is 24.5. The van der Waals surface area contributed by atoms with Crippen LogP contribution in [-0.4, -0.2) is 24.8 Å². The lowest BCUT2D eigenvalue weighted by atomic mass is 9.94. The smallest absolute Gasteiger partial charge is 0.200 e. The van der Waals surface area contributed by atoms with Gasteiger partial charge in [-0.05, 0) is 42.7 Å². The Balaban J connectivity index is 1.94. The number of fused-ring (bicyclic) bond motifs is 1. The summed E-state index contributed by atoms with van der Waals surface area (Å²) in [7, 11) is -1.93. The molecule has 0 bridgehead atoms. The van der Waals surface area contributed by atoms with Gasteiger partial charge in [-0.2, -0.15) is 0 Å². The van der Waals surface area contributed by atoms with Gasteiger partial charge in [-0.3, -0.25) is 4.79 Å². The molecule has 182 valence electrons. The maximum atomic E-state index is 15.1. The lowest BCUT2D eigenvalue weighted by molar-refractivity contribution is -0.344. The third kappa shape index (κ3) is 5.03. The van der Waals surface area contributed by atoms with Gasteiger partial charge in [0.05, 0.1) is 31.5 Å². The van der Waals surface area contributed by atoms with Crippen LogP contribution in [0.5, 0.6) is 5.75 Å². The Labute approximate surface area is 196 Å². The van der Waals surface area contributed by atoms with Crippen LogP contribution in [0.4, 0.5) is 10.1 Å². The largest absolute Gasteiger partial charge is 0.790 e. The van der Waals surface area contributed by atoms with Gasteiger partial charge in [0.25, 0.3) is 0 Å². The summed E-state index contributed by atoms with van der Waals surface area (Å²) < 4.78 is 37.4. The fourth-order valence-electron chi connectivity index (χ4n) is 4.64. The molecule has 0 atom stereocenters. The molecule has 8 nitrogen and oxygen atoms in total. The standard InChI is InChI=1S/C24H28FN2O6P/c1-26(17-6-4-3-5-7-17)21-13-12-20(25)22-23(21)27(15-33-34(29,30)31)14-19(24(22)28)16-8-10-18(32-2)11-9-16/h8-14,17H,3-7,15H2,1-2H3,(H2,29,30,31)/p-2. The molecular formula is C24H26FN2O6P-2. The maximum absolute atomic E-state index is 15.1. The molecule has 34 heavy (non-hydrogen) atoms. The first-order valence-electron chi connectivity index (χ1n) is 11.1. The summed E-state index contributed by atoms with van der Waals surface area (Å²) in [5.74, 6) is -0.160. The van der Waals surface area contributed by atoms with Crippen molar-refractivity contribution in [2.75, 3.05) is 19.1 Å². The highest BCUT2D eigenvalue weighted by atomic mass is 31.2. The SMILES string of the molecule is COc1ccc(-c2cn(COP(=O)([O-])[O-])c3c(N(C)C4CCCCC4)ccc(F)c3c2=O)cc1. The molecule has 0 amide bonds. The molecule has 1 heterocycles. The summed E-state index contributed by atoms with van der Waals surface area (Å²) in [4.78, 5) is 38.0. The monoisotopic (exact) mass is 488 g/mol. The first-order valence-corrected chi connectivity index (χ1v) is 12.5. The third-order valence-corrected chi connectivity index (χ3v) is 6.84. The minimum absolute atomic E-state index is 0.141. The number of hydrogen-bond acceptors (Lipinski definition) is 7. The lowest BCUT2D eigenvalue weighted by Gasteiger charge is -2.34. The first-order chi connectivity index (χ1) is 16.2. The van der Waals surface area contributed by atoms with Crippen molar-refractivity contribution in [3.8, 4) is 16.9 Å². The molecule has 2 aromatic carbocycles. The summed E-state index contributed by atoms with van der Waals surface area (Å²) in [6.07, 6.45) is 6.61. The van der Waals surface area contributed by atoms with Gasteiger partial charge >= 0.3 is 0 Å². The van der Waals surface area contributed by atoms with Crippen LogP contribution in [-0.2, 0) is 15.8 Å². The van der Waals surface area contributed by atoms with Gasteiger partial charge in [0.2, 0.25) is 0 Å². The molecule has 1 aliphatic rings. The number of methoxy groups -OCH3 is 1. The highest BCUT2D eigenvalue weighted by molar-refractivity contribution is 7.43. The molecule has 0 aliphatic heterocycles. The number of phosphoric acid groups is 1. The van der Waals surface area contributed by atoms with E-state index in [9.17, 15) is 19.1 Å². The predicted octanol–water partition coefficient (Wildman–Crippen LogP) is 3.39. The molecule has 0 unspecified atom stereocenters. The molecule has 1 saturated carbocycles. The maximum Gasteiger partial charge on any atom is 0.200 e. The number of halogens is 1. The van der Waals surface area contributed by atoms with Crippen LogP contribution < -0.4 is 24.9 Å². The van der Waals surface area contributed by atoms with E-state index in [0.717, 1.165) is 32.1 Å². The number of hydrogen-bond donors (Lipinski definition) is 0. The van der Waals surface area contributed by atoms with Gasteiger partial charge in [-0.15, -0.1) is 0 Å². The zero-order valence-corrected chi connectivity index (χ0v) is 19.9. The van der Waals surface area contributed by atoms with Crippen LogP contribution in [0.15, 0.2) is 47.4 Å². The Morgan fingerprint density at radius 3 is 2.41 bits per heavy atom. The van der Waals surface area contributed by atoms with Crippen molar-refractivity contribution in [1.82, 2.24) is 4.57 Å². The summed E-state index contributed by atoms with van der Waals surface area (Å²) in [6.45, 7) is -0.681. The molecule has 0 spiro atoms. The number of aromatic nitrogens is 1. The van der Waals surface area contributed by atoms with Crippen LogP contribution in [0.25, 0.3) is 22.0 Å². The lowest BCUT2D eigenvalue weighted by Crippen LogP contribution is -2.34. The molecule has 1 aliphatic carbocycles. The van der Waals surface area contributed by atoms with Gasteiger partial charge < -0.3 is 33.1 Å². The van der Waals surface area contributed by atoms with Crippen molar-refractivity contribution in [1.29, 1.82) is 0 Å². The number of nitrogens with zero attached hydrogens (tertiary/aromatic N) is 2. The van der Waals surface area contributed by atoms with Gasteiger partial charge in [0.1, 0.15) is 18.3 Å². The Kier molecular flexibility index (Phi) is 7.09. The number of ether oxygens (including phenoxy) is 1. The normalized spacial score (nSPS) is 15.0. The molecule has 0 radical (unpaired) electrons. The van der Waals surface area contributed by atoms with E-state index in [4.69, 9.17) is 4.74 Å². The molecule has 0 saturated heterocycles. The van der Waals surface area contributed by atoms with E-state index < -0.39 is 25.8 Å². The quantitative estimate of drug-likeness (QED) is 0.469. The summed E-state index contributed by atoms with van der Waals surface area (Å²) in [5.41, 5.74) is 0.835. The van der Waals surface area contributed by atoms with E-state index in [1.165, 1.54) is 23.9 Å². The van der Waals surface area contributed by atoms with E-state index in [-0.39, 0.29) is 22.5 Å². The van der Waals surface area contributed by atoms with Gasteiger partial charge in [0, 0.05) is 24.8 Å². The Morgan fingerprint density at radius 2 is 1.79 bits per heavy atom. The molecule has 3 aromatic rings. The fraction of sp³-hybridized carbons (Fsp3) is 0.375. The zero-order valence-electron chi connectivity index (χ0n) is 19.0. The Hall–Kier alpha value is -2.71. The van der Waals surface area contributed by atoms with Gasteiger partial charge in [-0.25, -0.2) is 4.39 Å². The van der Waals surface area contributed by atoms with Crippen molar-refractivity contribution in [3.63, 3.8) is 0 Å². The van der Waals surface area contributed by atoms with Crippen LogP contribution in [0, 0.1) is 5.82 Å². The van der Waals surface area contributed by atoms with E-state index in [1.54, 1.807) is 30.3 Å². The number of benzene rings is 2. The number of anilines is 1. The van der Waals surface area contributed by atoms with E-state index in [2.05, 4.69) is 4.52 Å². The highest BCUT2D eigenvalue weighted by Gasteiger charge is 2.24. The topological polar surface area (TPSA) is 107 Å². The molecular weight excluding hydrogens is 462 g/mol. The van der Waals surface area contributed by atoms with Gasteiger partial charge in [0.15, 0.2) is 5.43 Å².